The predicted molar refractivity (Wildman–Crippen MR) is 53.9 cm³/mol. The molecule has 1 aromatic carbocycles. The predicted octanol–water partition coefficient (Wildman–Crippen LogP) is 1.96. The fourth-order valence-electron chi connectivity index (χ4n) is 1.17. The molecule has 0 aliphatic carbocycles. The van der Waals surface area contributed by atoms with Gasteiger partial charge in [0.15, 0.2) is 5.54 Å². The van der Waals surface area contributed by atoms with Gasteiger partial charge in [-0.05, 0) is 17.2 Å². The van der Waals surface area contributed by atoms with E-state index in [1.54, 1.807) is 30.3 Å². The van der Waals surface area contributed by atoms with Crippen molar-refractivity contribution < 1.29 is 13.6 Å². The number of hydrogen-bond acceptors (Lipinski definition) is 2. The first-order valence-corrected chi connectivity index (χ1v) is 4.65. The summed E-state index contributed by atoms with van der Waals surface area (Å²) in [5.74, 6) is 0. The van der Waals surface area contributed by atoms with Crippen LogP contribution in [0.5, 0.6) is 0 Å². The zero-order valence-corrected chi connectivity index (χ0v) is 8.55. The molecule has 0 radical (unpaired) electrons. The van der Waals surface area contributed by atoms with Gasteiger partial charge in [-0.15, -0.1) is 0 Å². The van der Waals surface area contributed by atoms with E-state index in [-0.39, 0.29) is 6.42 Å². The van der Waals surface area contributed by atoms with Gasteiger partial charge in [-0.3, -0.25) is 4.79 Å². The number of alkyl halides is 2. The zero-order chi connectivity index (χ0) is 11.5. The Morgan fingerprint density at radius 1 is 1.40 bits per heavy atom. The van der Waals surface area contributed by atoms with Crippen LogP contribution in [0.4, 0.5) is 8.78 Å². The second-order valence-electron chi connectivity index (χ2n) is 3.28. The number of carbonyl (C=O) groups is 1. The Balaban J connectivity index is 2.90. The Bertz CT molecular complexity index is 345. The molecular formula is C10H10ClF2NO. The summed E-state index contributed by atoms with van der Waals surface area (Å²) in [6.07, 6.45) is -3.25. The molecule has 1 atom stereocenters. The first-order valence-electron chi connectivity index (χ1n) is 4.27. The number of rotatable bonds is 4. The van der Waals surface area contributed by atoms with Gasteiger partial charge in [0.25, 0.3) is 6.43 Å². The summed E-state index contributed by atoms with van der Waals surface area (Å²) in [7, 11) is 0. The van der Waals surface area contributed by atoms with Crippen molar-refractivity contribution in [1.82, 2.24) is 0 Å². The zero-order valence-electron chi connectivity index (χ0n) is 7.79. The highest BCUT2D eigenvalue weighted by Crippen LogP contribution is 2.21. The minimum absolute atomic E-state index is 0.270. The van der Waals surface area contributed by atoms with Crippen molar-refractivity contribution in [3.05, 3.63) is 35.9 Å². The van der Waals surface area contributed by atoms with Gasteiger partial charge in [0.2, 0.25) is 5.24 Å². The third-order valence-corrected chi connectivity index (χ3v) is 2.45. The smallest absolute Gasteiger partial charge is 0.264 e. The van der Waals surface area contributed by atoms with E-state index in [0.717, 1.165) is 0 Å². The van der Waals surface area contributed by atoms with Crippen LogP contribution in [0, 0.1) is 0 Å². The Morgan fingerprint density at radius 3 is 2.33 bits per heavy atom. The monoisotopic (exact) mass is 233 g/mol. The molecule has 0 heterocycles. The summed E-state index contributed by atoms with van der Waals surface area (Å²) in [6.45, 7) is 0. The maximum atomic E-state index is 12.6. The maximum absolute atomic E-state index is 12.6. The third kappa shape index (κ3) is 2.73. The van der Waals surface area contributed by atoms with Gasteiger partial charge in [0.1, 0.15) is 0 Å². The van der Waals surface area contributed by atoms with Crippen LogP contribution in [0.25, 0.3) is 0 Å². The van der Waals surface area contributed by atoms with Crippen molar-refractivity contribution >= 4 is 16.8 Å². The van der Waals surface area contributed by atoms with E-state index in [1.165, 1.54) is 0 Å². The summed E-state index contributed by atoms with van der Waals surface area (Å²) in [6, 6.07) is 8.33. The highest BCUT2D eigenvalue weighted by atomic mass is 35.5. The summed E-state index contributed by atoms with van der Waals surface area (Å²) in [5, 5.41) is -1.22. The Hall–Kier alpha value is -1.00. The second kappa shape index (κ2) is 4.68. The molecule has 5 heteroatoms. The van der Waals surface area contributed by atoms with Gasteiger partial charge in [-0.2, -0.15) is 0 Å². The Labute approximate surface area is 91.0 Å². The van der Waals surface area contributed by atoms with Crippen LogP contribution in [-0.4, -0.2) is 17.2 Å². The number of carbonyl (C=O) groups excluding carboxylic acids is 1. The molecule has 0 saturated heterocycles. The van der Waals surface area contributed by atoms with Gasteiger partial charge in [0.05, 0.1) is 0 Å². The molecule has 0 aromatic heterocycles. The van der Waals surface area contributed by atoms with Crippen LogP contribution in [0.1, 0.15) is 5.56 Å². The normalized spacial score (nSPS) is 15.0. The van der Waals surface area contributed by atoms with E-state index in [0.29, 0.717) is 5.56 Å². The van der Waals surface area contributed by atoms with E-state index in [2.05, 4.69) is 0 Å². The molecule has 1 unspecified atom stereocenters. The van der Waals surface area contributed by atoms with Gasteiger partial charge in [-0.1, -0.05) is 30.3 Å². The number of hydrogen-bond donors (Lipinski definition) is 1. The number of benzene rings is 1. The van der Waals surface area contributed by atoms with Crippen molar-refractivity contribution in [2.45, 2.75) is 18.4 Å². The van der Waals surface area contributed by atoms with Crippen LogP contribution in [0.15, 0.2) is 30.3 Å². The van der Waals surface area contributed by atoms with Gasteiger partial charge < -0.3 is 5.73 Å². The number of nitrogens with two attached hydrogens (primary N) is 1. The number of halogens is 3. The summed E-state index contributed by atoms with van der Waals surface area (Å²) in [4.78, 5) is 10.9. The maximum Gasteiger partial charge on any atom is 0.264 e. The highest BCUT2D eigenvalue weighted by molar-refractivity contribution is 6.65. The van der Waals surface area contributed by atoms with Crippen LogP contribution in [-0.2, 0) is 11.2 Å². The van der Waals surface area contributed by atoms with Gasteiger partial charge >= 0.3 is 0 Å². The standard InChI is InChI=1S/C10H10ClF2NO/c11-8(15)10(14,9(12)13)6-7-4-2-1-3-5-7/h1-5,9H,6,14H2. The van der Waals surface area contributed by atoms with Crippen LogP contribution >= 0.6 is 11.6 Å². The van der Waals surface area contributed by atoms with E-state index in [9.17, 15) is 13.6 Å². The fraction of sp³-hybridized carbons (Fsp3) is 0.300. The molecule has 82 valence electrons. The van der Waals surface area contributed by atoms with Crippen molar-refractivity contribution in [3.8, 4) is 0 Å². The summed E-state index contributed by atoms with van der Waals surface area (Å²) in [5.41, 5.74) is 3.53. The minimum atomic E-state index is -2.98. The molecule has 0 amide bonds. The lowest BCUT2D eigenvalue weighted by atomic mass is 9.93. The molecule has 1 aromatic rings. The largest absolute Gasteiger partial charge is 0.313 e. The van der Waals surface area contributed by atoms with Crippen LogP contribution < -0.4 is 5.73 Å². The minimum Gasteiger partial charge on any atom is -0.313 e. The SMILES string of the molecule is NC(Cc1ccccc1)(C(=O)Cl)C(F)F. The lowest BCUT2D eigenvalue weighted by Gasteiger charge is -2.24. The Kier molecular flexibility index (Phi) is 3.77. The van der Waals surface area contributed by atoms with Crippen LogP contribution in [0.3, 0.4) is 0 Å². The topological polar surface area (TPSA) is 43.1 Å². The van der Waals surface area contributed by atoms with Crippen LogP contribution in [0.2, 0.25) is 0 Å². The molecule has 2 N–H and O–H groups in total. The van der Waals surface area contributed by atoms with E-state index in [4.69, 9.17) is 17.3 Å². The lowest BCUT2D eigenvalue weighted by molar-refractivity contribution is -0.121. The molecular weight excluding hydrogens is 224 g/mol. The highest BCUT2D eigenvalue weighted by Gasteiger charge is 2.42. The van der Waals surface area contributed by atoms with Crippen molar-refractivity contribution in [1.29, 1.82) is 0 Å². The van der Waals surface area contributed by atoms with E-state index in [1.807, 2.05) is 0 Å². The molecule has 0 spiro atoms. The van der Waals surface area contributed by atoms with Crippen molar-refractivity contribution in [3.63, 3.8) is 0 Å². The quantitative estimate of drug-likeness (QED) is 0.808. The third-order valence-electron chi connectivity index (χ3n) is 2.09. The second-order valence-corrected chi connectivity index (χ2v) is 3.62. The first kappa shape index (κ1) is 12.1. The fourth-order valence-corrected chi connectivity index (χ4v) is 1.32. The van der Waals surface area contributed by atoms with E-state index < -0.39 is 17.2 Å². The molecule has 15 heavy (non-hydrogen) atoms. The average molecular weight is 234 g/mol. The average Bonchev–Trinajstić information content (AvgIpc) is 2.18. The Morgan fingerprint density at radius 2 is 1.93 bits per heavy atom. The molecule has 1 rings (SSSR count). The lowest BCUT2D eigenvalue weighted by Crippen LogP contribution is -2.54. The molecule has 0 bridgehead atoms. The molecule has 2 nitrogen and oxygen atoms in total. The van der Waals surface area contributed by atoms with Gasteiger partial charge in [0, 0.05) is 6.42 Å². The molecule has 0 fully saturated rings. The molecule has 0 aliphatic heterocycles. The first-order chi connectivity index (χ1) is 6.97. The van der Waals surface area contributed by atoms with Crippen molar-refractivity contribution in [2.24, 2.45) is 5.73 Å². The van der Waals surface area contributed by atoms with E-state index >= 15 is 0 Å². The summed E-state index contributed by atoms with van der Waals surface area (Å²) >= 11 is 5.09. The molecule has 0 saturated carbocycles. The van der Waals surface area contributed by atoms with Gasteiger partial charge in [-0.25, -0.2) is 8.78 Å². The summed E-state index contributed by atoms with van der Waals surface area (Å²) < 4.78 is 25.2. The molecule has 0 aliphatic rings. The van der Waals surface area contributed by atoms with Crippen molar-refractivity contribution in [2.75, 3.05) is 0 Å².